The van der Waals surface area contributed by atoms with Crippen molar-refractivity contribution in [3.8, 4) is 11.5 Å². The minimum atomic E-state index is 0.637. The third-order valence-corrected chi connectivity index (χ3v) is 4.60. The van der Waals surface area contributed by atoms with Crippen LogP contribution in [0.25, 0.3) is 0 Å². The molecule has 1 aromatic heterocycles. The first-order valence-corrected chi connectivity index (χ1v) is 9.76. The second-order valence-electron chi connectivity index (χ2n) is 6.73. The van der Waals surface area contributed by atoms with Gasteiger partial charge in [-0.1, -0.05) is 30.3 Å². The maximum atomic E-state index is 5.41. The number of para-hydroxylation sites is 1. The van der Waals surface area contributed by atoms with Crippen LogP contribution in [0.2, 0.25) is 0 Å². The number of benzene rings is 2. The lowest BCUT2D eigenvalue weighted by atomic mass is 10.1. The van der Waals surface area contributed by atoms with E-state index >= 15 is 0 Å². The highest BCUT2D eigenvalue weighted by Gasteiger charge is 2.04. The molecule has 0 spiro atoms. The van der Waals surface area contributed by atoms with Gasteiger partial charge in [-0.25, -0.2) is 4.98 Å². The van der Waals surface area contributed by atoms with E-state index in [2.05, 4.69) is 38.8 Å². The molecule has 2 aromatic carbocycles. The van der Waals surface area contributed by atoms with Crippen LogP contribution in [-0.2, 0) is 12.8 Å². The predicted molar refractivity (Wildman–Crippen MR) is 117 cm³/mol. The van der Waals surface area contributed by atoms with Gasteiger partial charge in [0.2, 0.25) is 5.95 Å². The topological polar surface area (TPSA) is 68.3 Å². The molecule has 0 saturated carbocycles. The zero-order chi connectivity index (χ0) is 20.5. The summed E-state index contributed by atoms with van der Waals surface area (Å²) in [6.07, 6.45) is 1.74. The zero-order valence-electron chi connectivity index (χ0n) is 17.2. The Labute approximate surface area is 172 Å². The largest absolute Gasteiger partial charge is 0.497 e. The summed E-state index contributed by atoms with van der Waals surface area (Å²) in [7, 11) is 3.37. The summed E-state index contributed by atoms with van der Waals surface area (Å²) in [5, 5.41) is 6.70. The van der Waals surface area contributed by atoms with Crippen LogP contribution >= 0.6 is 0 Å². The molecule has 0 amide bonds. The Bertz CT molecular complexity index is 913. The summed E-state index contributed by atoms with van der Waals surface area (Å²) in [5.74, 6) is 3.24. The molecule has 6 nitrogen and oxygen atoms in total. The number of hydrogen-bond donors (Lipinski definition) is 2. The van der Waals surface area contributed by atoms with Crippen molar-refractivity contribution in [2.45, 2.75) is 19.8 Å². The van der Waals surface area contributed by atoms with Gasteiger partial charge in [-0.15, -0.1) is 0 Å². The van der Waals surface area contributed by atoms with E-state index < -0.39 is 0 Å². The monoisotopic (exact) mass is 392 g/mol. The highest BCUT2D eigenvalue weighted by molar-refractivity contribution is 5.43. The number of aryl methyl sites for hydroxylation is 1. The number of ether oxygens (including phenoxy) is 2. The van der Waals surface area contributed by atoms with Gasteiger partial charge in [-0.2, -0.15) is 4.98 Å². The van der Waals surface area contributed by atoms with Crippen LogP contribution in [0.1, 0.15) is 16.8 Å². The first kappa shape index (κ1) is 20.5. The van der Waals surface area contributed by atoms with Crippen molar-refractivity contribution in [3.05, 3.63) is 71.4 Å². The van der Waals surface area contributed by atoms with Gasteiger partial charge in [0.25, 0.3) is 0 Å². The fourth-order valence-electron chi connectivity index (χ4n) is 3.08. The number of hydrogen-bond acceptors (Lipinski definition) is 6. The number of aromatic nitrogens is 2. The molecule has 0 unspecified atom stereocenters. The molecule has 0 bridgehead atoms. The molecule has 0 saturated heterocycles. The Hall–Kier alpha value is -3.28. The van der Waals surface area contributed by atoms with Crippen LogP contribution in [0.15, 0.2) is 54.6 Å². The van der Waals surface area contributed by atoms with Crippen LogP contribution in [0.5, 0.6) is 11.5 Å². The summed E-state index contributed by atoms with van der Waals surface area (Å²) >= 11 is 0. The van der Waals surface area contributed by atoms with Crippen LogP contribution < -0.4 is 20.1 Å². The smallest absolute Gasteiger partial charge is 0.224 e. The highest BCUT2D eigenvalue weighted by atomic mass is 16.5. The lowest BCUT2D eigenvalue weighted by Crippen LogP contribution is -2.12. The molecule has 3 rings (SSSR count). The zero-order valence-corrected chi connectivity index (χ0v) is 17.2. The van der Waals surface area contributed by atoms with Crippen molar-refractivity contribution in [1.82, 2.24) is 9.97 Å². The summed E-state index contributed by atoms with van der Waals surface area (Å²) in [6.45, 7) is 3.50. The number of anilines is 2. The van der Waals surface area contributed by atoms with E-state index in [0.29, 0.717) is 5.95 Å². The molecule has 0 atom stereocenters. The van der Waals surface area contributed by atoms with Crippen LogP contribution in [0.4, 0.5) is 11.8 Å². The molecule has 2 N–H and O–H groups in total. The average Bonchev–Trinajstić information content (AvgIpc) is 2.74. The molecule has 1 heterocycles. The fraction of sp³-hybridized carbons (Fsp3) is 0.304. The van der Waals surface area contributed by atoms with E-state index in [4.69, 9.17) is 9.47 Å². The summed E-state index contributed by atoms with van der Waals surface area (Å²) in [5.41, 5.74) is 3.33. The third-order valence-electron chi connectivity index (χ3n) is 4.60. The van der Waals surface area contributed by atoms with Crippen LogP contribution in [-0.4, -0.2) is 37.3 Å². The van der Waals surface area contributed by atoms with Crippen molar-refractivity contribution in [2.24, 2.45) is 0 Å². The fourth-order valence-corrected chi connectivity index (χ4v) is 3.08. The van der Waals surface area contributed by atoms with Crippen molar-refractivity contribution in [3.63, 3.8) is 0 Å². The van der Waals surface area contributed by atoms with Gasteiger partial charge in [0.05, 0.1) is 14.2 Å². The molecule has 0 aliphatic carbocycles. The Morgan fingerprint density at radius 3 is 2.34 bits per heavy atom. The minimum absolute atomic E-state index is 0.637. The maximum Gasteiger partial charge on any atom is 0.224 e. The van der Waals surface area contributed by atoms with Crippen molar-refractivity contribution >= 4 is 11.8 Å². The van der Waals surface area contributed by atoms with Gasteiger partial charge < -0.3 is 20.1 Å². The molecule has 152 valence electrons. The first-order valence-electron chi connectivity index (χ1n) is 9.76. The average molecular weight is 393 g/mol. The van der Waals surface area contributed by atoms with E-state index in [0.717, 1.165) is 48.9 Å². The quantitative estimate of drug-likeness (QED) is 0.541. The number of methoxy groups -OCH3 is 2. The molecular formula is C23H28N4O2. The third kappa shape index (κ3) is 6.10. The van der Waals surface area contributed by atoms with Gasteiger partial charge in [-0.05, 0) is 49.1 Å². The van der Waals surface area contributed by atoms with E-state index in [1.807, 2.05) is 43.3 Å². The second kappa shape index (κ2) is 10.3. The van der Waals surface area contributed by atoms with Gasteiger partial charge >= 0.3 is 0 Å². The van der Waals surface area contributed by atoms with Crippen LogP contribution in [0.3, 0.4) is 0 Å². The van der Waals surface area contributed by atoms with Gasteiger partial charge in [0, 0.05) is 24.8 Å². The molecular weight excluding hydrogens is 364 g/mol. The Balaban J connectivity index is 1.52. The van der Waals surface area contributed by atoms with Gasteiger partial charge in [0.1, 0.15) is 17.3 Å². The normalized spacial score (nSPS) is 10.4. The second-order valence-corrected chi connectivity index (χ2v) is 6.73. The summed E-state index contributed by atoms with van der Waals surface area (Å²) in [6, 6.07) is 18.1. The SMILES string of the molecule is COc1ccc(CCNc2nc(C)cc(NCCc3ccccc3OC)n2)cc1. The Morgan fingerprint density at radius 2 is 1.59 bits per heavy atom. The lowest BCUT2D eigenvalue weighted by Gasteiger charge is -2.11. The van der Waals surface area contributed by atoms with Crippen molar-refractivity contribution in [2.75, 3.05) is 37.9 Å². The minimum Gasteiger partial charge on any atom is -0.497 e. The molecule has 29 heavy (non-hydrogen) atoms. The molecule has 6 heteroatoms. The van der Waals surface area contributed by atoms with Crippen LogP contribution in [0, 0.1) is 6.92 Å². The van der Waals surface area contributed by atoms with E-state index in [1.165, 1.54) is 11.1 Å². The maximum absolute atomic E-state index is 5.41. The number of nitrogens with one attached hydrogen (secondary N) is 2. The van der Waals surface area contributed by atoms with Crippen molar-refractivity contribution in [1.29, 1.82) is 0 Å². The van der Waals surface area contributed by atoms with E-state index in [-0.39, 0.29) is 0 Å². The number of nitrogens with zero attached hydrogens (tertiary/aromatic N) is 2. The lowest BCUT2D eigenvalue weighted by molar-refractivity contribution is 0.410. The predicted octanol–water partition coefficient (Wildman–Crippen LogP) is 4.11. The van der Waals surface area contributed by atoms with E-state index in [1.54, 1.807) is 14.2 Å². The molecule has 0 fully saturated rings. The van der Waals surface area contributed by atoms with Gasteiger partial charge in [0.15, 0.2) is 0 Å². The molecule has 3 aromatic rings. The molecule has 0 aliphatic rings. The number of rotatable bonds is 10. The highest BCUT2D eigenvalue weighted by Crippen LogP contribution is 2.18. The molecule has 0 aliphatic heterocycles. The van der Waals surface area contributed by atoms with Crippen molar-refractivity contribution < 1.29 is 9.47 Å². The Kier molecular flexibility index (Phi) is 7.28. The summed E-state index contributed by atoms with van der Waals surface area (Å²) in [4.78, 5) is 9.07. The Morgan fingerprint density at radius 1 is 0.828 bits per heavy atom. The standard InChI is InChI=1S/C23H28N4O2/c1-17-16-22(24-15-13-19-6-4-5-7-21(19)29-3)27-23(26-17)25-14-12-18-8-10-20(28-2)11-9-18/h4-11,16H,12-15H2,1-3H3,(H2,24,25,26,27). The van der Waals surface area contributed by atoms with Gasteiger partial charge in [-0.3, -0.25) is 0 Å². The molecule has 0 radical (unpaired) electrons. The summed E-state index contributed by atoms with van der Waals surface area (Å²) < 4.78 is 10.6. The first-order chi connectivity index (χ1) is 14.2. The van der Waals surface area contributed by atoms with E-state index in [9.17, 15) is 0 Å².